The van der Waals surface area contributed by atoms with Crippen molar-refractivity contribution in [1.29, 1.82) is 0 Å². The van der Waals surface area contributed by atoms with Crippen LogP contribution >= 0.6 is 23.5 Å². The molecule has 0 aliphatic carbocycles. The fourth-order valence-corrected chi connectivity index (χ4v) is 7.52. The number of aromatic hydroxyl groups is 1. The summed E-state index contributed by atoms with van der Waals surface area (Å²) in [5.41, 5.74) is 5.32. The van der Waals surface area contributed by atoms with Gasteiger partial charge in [-0.2, -0.15) is 23.5 Å². The molecular weight excluding hydrogens is 540 g/mol. The fourth-order valence-electron chi connectivity index (χ4n) is 4.70. The molecule has 0 saturated heterocycles. The van der Waals surface area contributed by atoms with Crippen LogP contribution in [0, 0.1) is 32.6 Å². The van der Waals surface area contributed by atoms with Crippen molar-refractivity contribution in [3.05, 3.63) is 27.8 Å². The van der Waals surface area contributed by atoms with Gasteiger partial charge >= 0.3 is 11.9 Å². The predicted molar refractivity (Wildman–Crippen MR) is 172 cm³/mol. The van der Waals surface area contributed by atoms with Gasteiger partial charge in [0.05, 0.1) is 25.0 Å². The number of carbonyl (C=O) groups excluding carboxylic acids is 2. The van der Waals surface area contributed by atoms with E-state index in [-0.39, 0.29) is 23.8 Å². The van der Waals surface area contributed by atoms with E-state index < -0.39 is 0 Å². The maximum Gasteiger partial charge on any atom is 0.309 e. The summed E-state index contributed by atoms with van der Waals surface area (Å²) in [5.74, 6) is 2.86. The number of thioether (sulfide) groups is 2. The molecule has 2 atom stereocenters. The fraction of sp³-hybridized carbons (Fsp3) is 0.758. The van der Waals surface area contributed by atoms with Gasteiger partial charge in [0.25, 0.3) is 0 Å². The summed E-state index contributed by atoms with van der Waals surface area (Å²) < 4.78 is 11.1. The largest absolute Gasteiger partial charge is 0.507 e. The monoisotopic (exact) mass is 596 g/mol. The lowest BCUT2D eigenvalue weighted by Gasteiger charge is -2.21. The van der Waals surface area contributed by atoms with Crippen molar-refractivity contribution in [2.75, 3.05) is 24.7 Å². The molecule has 0 radical (unpaired) electrons. The molecule has 230 valence electrons. The number of phenols is 1. The lowest BCUT2D eigenvalue weighted by atomic mass is 9.94. The van der Waals surface area contributed by atoms with Crippen LogP contribution < -0.4 is 0 Å². The average molecular weight is 597 g/mol. The zero-order chi connectivity index (χ0) is 29.9. The Labute approximate surface area is 253 Å². The molecule has 1 rings (SSSR count). The van der Waals surface area contributed by atoms with Crippen LogP contribution in [0.25, 0.3) is 0 Å². The molecule has 0 fully saturated rings. The van der Waals surface area contributed by atoms with Gasteiger partial charge < -0.3 is 14.6 Å². The maximum absolute atomic E-state index is 12.6. The minimum Gasteiger partial charge on any atom is -0.507 e. The summed E-state index contributed by atoms with van der Waals surface area (Å²) in [7, 11) is 0. The Morgan fingerprint density at radius 1 is 0.650 bits per heavy atom. The highest BCUT2D eigenvalue weighted by Crippen LogP contribution is 2.36. The number of benzene rings is 1. The number of hydrogen-bond donors (Lipinski definition) is 1. The number of hydrogen-bond acceptors (Lipinski definition) is 7. The third-order valence-electron chi connectivity index (χ3n) is 7.79. The Bertz CT molecular complexity index is 819. The number of phenolic OH excluding ortho intramolecular Hbond substituents is 1. The van der Waals surface area contributed by atoms with Gasteiger partial charge in [0.1, 0.15) is 5.75 Å². The van der Waals surface area contributed by atoms with E-state index in [1.165, 1.54) is 31.2 Å². The molecule has 1 N–H and O–H groups in total. The first-order chi connectivity index (χ1) is 19.2. The quantitative estimate of drug-likeness (QED) is 0.106. The minimum atomic E-state index is -0.108. The molecule has 0 bridgehead atoms. The molecule has 1 aromatic carbocycles. The number of esters is 2. The molecule has 1 aromatic rings. The van der Waals surface area contributed by atoms with Crippen LogP contribution in [0.2, 0.25) is 0 Å². The van der Waals surface area contributed by atoms with Crippen LogP contribution in [0.5, 0.6) is 5.75 Å². The van der Waals surface area contributed by atoms with Gasteiger partial charge in [0.2, 0.25) is 0 Å². The molecule has 0 saturated carbocycles. The molecule has 0 aromatic heterocycles. The van der Waals surface area contributed by atoms with Crippen LogP contribution in [0.3, 0.4) is 0 Å². The first kappa shape index (κ1) is 36.7. The molecule has 0 amide bonds. The highest BCUT2D eigenvalue weighted by atomic mass is 32.2. The molecule has 5 nitrogen and oxygen atoms in total. The zero-order valence-electron chi connectivity index (χ0n) is 26.4. The zero-order valence-corrected chi connectivity index (χ0v) is 28.0. The molecule has 0 spiro atoms. The second-order valence-electron chi connectivity index (χ2n) is 10.9. The Hall–Kier alpha value is -1.34. The van der Waals surface area contributed by atoms with Crippen LogP contribution in [-0.4, -0.2) is 41.8 Å². The third kappa shape index (κ3) is 12.7. The van der Waals surface area contributed by atoms with E-state index in [2.05, 4.69) is 20.8 Å². The average Bonchev–Trinajstić information content (AvgIpc) is 2.95. The number of carbonyl (C=O) groups is 2. The molecule has 7 heteroatoms. The molecule has 2 unspecified atom stereocenters. The van der Waals surface area contributed by atoms with E-state index in [0.717, 1.165) is 72.3 Å². The lowest BCUT2D eigenvalue weighted by molar-refractivity contribution is -0.148. The van der Waals surface area contributed by atoms with Gasteiger partial charge in [0.15, 0.2) is 0 Å². The predicted octanol–water partition coefficient (Wildman–Crippen LogP) is 9.08. The van der Waals surface area contributed by atoms with Crippen molar-refractivity contribution in [1.82, 2.24) is 0 Å². The van der Waals surface area contributed by atoms with Gasteiger partial charge in [-0.05, 0) is 74.3 Å². The van der Waals surface area contributed by atoms with Gasteiger partial charge in [-0.3, -0.25) is 9.59 Å². The first-order valence-corrected chi connectivity index (χ1v) is 17.8. The van der Waals surface area contributed by atoms with E-state index in [9.17, 15) is 14.7 Å². The first-order valence-electron chi connectivity index (χ1n) is 15.5. The van der Waals surface area contributed by atoms with E-state index >= 15 is 0 Å². The summed E-state index contributed by atoms with van der Waals surface area (Å²) in [5, 5.41) is 10.9. The van der Waals surface area contributed by atoms with Crippen molar-refractivity contribution in [3.8, 4) is 5.75 Å². The molecule has 0 aliphatic rings. The van der Waals surface area contributed by atoms with Crippen molar-refractivity contribution in [3.63, 3.8) is 0 Å². The van der Waals surface area contributed by atoms with Gasteiger partial charge in [0, 0.05) is 23.0 Å². The molecule has 0 aliphatic heterocycles. The second kappa shape index (κ2) is 21.4. The third-order valence-corrected chi connectivity index (χ3v) is 10.1. The van der Waals surface area contributed by atoms with Crippen molar-refractivity contribution >= 4 is 35.5 Å². The Balaban J connectivity index is 2.72. The summed E-state index contributed by atoms with van der Waals surface area (Å²) in [6.07, 6.45) is 10.3. The molecule has 0 heterocycles. The number of rotatable bonds is 22. The van der Waals surface area contributed by atoms with Gasteiger partial charge in [-0.25, -0.2) is 0 Å². The summed E-state index contributed by atoms with van der Waals surface area (Å²) in [6, 6.07) is 0. The number of unbranched alkanes of at least 4 members (excludes halogenated alkanes) is 6. The van der Waals surface area contributed by atoms with Crippen LogP contribution in [0.15, 0.2) is 0 Å². The van der Waals surface area contributed by atoms with Gasteiger partial charge in [-0.1, -0.05) is 66.2 Å². The number of ether oxygens (including phenoxy) is 2. The van der Waals surface area contributed by atoms with Crippen LogP contribution in [0.1, 0.15) is 120 Å². The Morgan fingerprint density at radius 2 is 1.05 bits per heavy atom. The lowest BCUT2D eigenvalue weighted by Crippen LogP contribution is -2.20. The smallest absolute Gasteiger partial charge is 0.309 e. The standard InChI is InChI=1S/C33H56O5S2/c1-8-12-14-16-18-37-32(35)27(10-3)20-39-22-29-24(5)30(26(7)31(34)25(29)6)23-40-21-28(11-4)33(36)38-19-17-15-13-9-2/h27-28,34H,8-23H2,1-7H3. The summed E-state index contributed by atoms with van der Waals surface area (Å²) >= 11 is 3.47. The summed E-state index contributed by atoms with van der Waals surface area (Å²) in [4.78, 5) is 25.1. The van der Waals surface area contributed by atoms with E-state index in [1.54, 1.807) is 23.5 Å². The maximum atomic E-state index is 12.6. The Morgan fingerprint density at radius 3 is 1.40 bits per heavy atom. The Kier molecular flexibility index (Phi) is 19.6. The van der Waals surface area contributed by atoms with Crippen molar-refractivity contribution < 1.29 is 24.2 Å². The van der Waals surface area contributed by atoms with Crippen LogP contribution in [-0.2, 0) is 30.6 Å². The minimum absolute atomic E-state index is 0.0891. The molecular formula is C33H56O5S2. The summed E-state index contributed by atoms with van der Waals surface area (Å²) in [6.45, 7) is 15.6. The van der Waals surface area contributed by atoms with E-state index in [0.29, 0.717) is 30.5 Å². The van der Waals surface area contributed by atoms with E-state index in [1.807, 2.05) is 27.7 Å². The van der Waals surface area contributed by atoms with E-state index in [4.69, 9.17) is 9.47 Å². The topological polar surface area (TPSA) is 72.8 Å². The van der Waals surface area contributed by atoms with Crippen molar-refractivity contribution in [2.45, 2.75) is 124 Å². The van der Waals surface area contributed by atoms with Crippen molar-refractivity contribution in [2.24, 2.45) is 11.8 Å². The normalized spacial score (nSPS) is 12.8. The van der Waals surface area contributed by atoms with Crippen LogP contribution in [0.4, 0.5) is 0 Å². The highest BCUT2D eigenvalue weighted by Gasteiger charge is 2.22. The highest BCUT2D eigenvalue weighted by molar-refractivity contribution is 7.98. The van der Waals surface area contributed by atoms with Gasteiger partial charge in [-0.15, -0.1) is 0 Å². The second-order valence-corrected chi connectivity index (χ2v) is 12.9. The molecule has 40 heavy (non-hydrogen) atoms. The SMILES string of the molecule is CCCCCCOC(=O)C(CC)CSCc1c(C)c(O)c(C)c(CSCC(CC)C(=O)OCCCCCC)c1C.